The van der Waals surface area contributed by atoms with Gasteiger partial charge in [0.1, 0.15) is 12.0 Å². The molecule has 0 unspecified atom stereocenters. The van der Waals surface area contributed by atoms with Crippen molar-refractivity contribution in [1.82, 2.24) is 0 Å². The fourth-order valence-corrected chi connectivity index (χ4v) is 1.80. The van der Waals surface area contributed by atoms with Gasteiger partial charge in [-0.25, -0.2) is 0 Å². The van der Waals surface area contributed by atoms with Gasteiger partial charge in [0.2, 0.25) is 0 Å². The van der Waals surface area contributed by atoms with Crippen LogP contribution >= 0.6 is 0 Å². The molecule has 80 valence electrons. The predicted molar refractivity (Wildman–Crippen MR) is 59.6 cm³/mol. The molecule has 3 nitrogen and oxygen atoms in total. The summed E-state index contributed by atoms with van der Waals surface area (Å²) < 4.78 is 5.53. The van der Waals surface area contributed by atoms with Crippen LogP contribution in [0.2, 0.25) is 0 Å². The molecule has 15 heavy (non-hydrogen) atoms. The number of rotatable bonds is 3. The second-order valence-corrected chi connectivity index (χ2v) is 3.79. The number of likely N-dealkylation sites (N-methyl/N-ethyl adjacent to an activating group) is 1. The molecule has 0 spiro atoms. The molecule has 1 aromatic carbocycles. The summed E-state index contributed by atoms with van der Waals surface area (Å²) in [5, 5.41) is 0. The Morgan fingerprint density at radius 2 is 2.40 bits per heavy atom. The largest absolute Gasteiger partial charge is 0.493 e. The second kappa shape index (κ2) is 4.34. The summed E-state index contributed by atoms with van der Waals surface area (Å²) in [6, 6.07) is 6.09. The van der Waals surface area contributed by atoms with Crippen molar-refractivity contribution in [3.8, 4) is 5.75 Å². The summed E-state index contributed by atoms with van der Waals surface area (Å²) in [5.41, 5.74) is 2.32. The fourth-order valence-electron chi connectivity index (χ4n) is 1.80. The SMILES string of the molecule is CN(CC=O)c1ccc2c(c1)CCCO2. The summed E-state index contributed by atoms with van der Waals surface area (Å²) in [7, 11) is 1.92. The van der Waals surface area contributed by atoms with Crippen molar-refractivity contribution < 1.29 is 9.53 Å². The zero-order valence-corrected chi connectivity index (χ0v) is 8.90. The number of aryl methyl sites for hydroxylation is 1. The first-order valence-corrected chi connectivity index (χ1v) is 5.22. The smallest absolute Gasteiger partial charge is 0.139 e. The molecular formula is C12H15NO2. The third-order valence-electron chi connectivity index (χ3n) is 2.68. The molecule has 1 heterocycles. The second-order valence-electron chi connectivity index (χ2n) is 3.79. The maximum absolute atomic E-state index is 10.4. The zero-order chi connectivity index (χ0) is 10.7. The highest BCUT2D eigenvalue weighted by Gasteiger charge is 2.11. The lowest BCUT2D eigenvalue weighted by molar-refractivity contribution is -0.106. The Morgan fingerprint density at radius 1 is 1.53 bits per heavy atom. The number of ether oxygens (including phenoxy) is 1. The van der Waals surface area contributed by atoms with Gasteiger partial charge in [-0.3, -0.25) is 0 Å². The van der Waals surface area contributed by atoms with Crippen molar-refractivity contribution in [2.45, 2.75) is 12.8 Å². The Kier molecular flexibility index (Phi) is 2.90. The van der Waals surface area contributed by atoms with Gasteiger partial charge in [0.05, 0.1) is 13.2 Å². The molecule has 3 heteroatoms. The molecule has 0 N–H and O–H groups in total. The van der Waals surface area contributed by atoms with Crippen LogP contribution in [0.3, 0.4) is 0 Å². The first-order chi connectivity index (χ1) is 7.31. The van der Waals surface area contributed by atoms with Crippen molar-refractivity contribution >= 4 is 12.0 Å². The van der Waals surface area contributed by atoms with E-state index < -0.39 is 0 Å². The summed E-state index contributed by atoms with van der Waals surface area (Å²) in [6.07, 6.45) is 3.06. The number of hydrogen-bond donors (Lipinski definition) is 0. The molecule has 0 bridgehead atoms. The highest BCUT2D eigenvalue weighted by molar-refractivity contribution is 5.62. The Bertz CT molecular complexity index is 363. The fraction of sp³-hybridized carbons (Fsp3) is 0.417. The summed E-state index contributed by atoms with van der Waals surface area (Å²) in [6.45, 7) is 1.25. The zero-order valence-electron chi connectivity index (χ0n) is 8.90. The lowest BCUT2D eigenvalue weighted by Gasteiger charge is -2.21. The van der Waals surface area contributed by atoms with E-state index in [1.807, 2.05) is 24.1 Å². The Balaban J connectivity index is 2.23. The van der Waals surface area contributed by atoms with Gasteiger partial charge in [0.25, 0.3) is 0 Å². The molecule has 0 aromatic heterocycles. The lowest BCUT2D eigenvalue weighted by atomic mass is 10.1. The Labute approximate surface area is 89.7 Å². The van der Waals surface area contributed by atoms with Crippen LogP contribution in [0.4, 0.5) is 5.69 Å². The third kappa shape index (κ3) is 2.12. The molecule has 0 amide bonds. The van der Waals surface area contributed by atoms with E-state index in [4.69, 9.17) is 4.74 Å². The number of nitrogens with zero attached hydrogens (tertiary/aromatic N) is 1. The molecular weight excluding hydrogens is 190 g/mol. The Morgan fingerprint density at radius 3 is 3.20 bits per heavy atom. The van der Waals surface area contributed by atoms with Gasteiger partial charge in [-0.1, -0.05) is 0 Å². The topological polar surface area (TPSA) is 29.5 Å². The minimum absolute atomic E-state index is 0.430. The molecule has 1 aliphatic rings. The van der Waals surface area contributed by atoms with Crippen molar-refractivity contribution in [2.24, 2.45) is 0 Å². The molecule has 0 saturated heterocycles. The van der Waals surface area contributed by atoms with Gasteiger partial charge in [-0.15, -0.1) is 0 Å². The monoisotopic (exact) mass is 205 g/mol. The number of benzene rings is 1. The number of carbonyl (C=O) groups is 1. The van der Waals surface area contributed by atoms with Crippen LogP contribution < -0.4 is 9.64 Å². The molecule has 1 aromatic rings. The summed E-state index contributed by atoms with van der Waals surface area (Å²) in [4.78, 5) is 12.3. The highest BCUT2D eigenvalue weighted by Crippen LogP contribution is 2.28. The van der Waals surface area contributed by atoms with E-state index in [-0.39, 0.29) is 0 Å². The van der Waals surface area contributed by atoms with E-state index in [1.54, 1.807) is 0 Å². The van der Waals surface area contributed by atoms with E-state index in [0.717, 1.165) is 37.2 Å². The lowest BCUT2D eigenvalue weighted by Crippen LogP contribution is -2.20. The molecule has 0 atom stereocenters. The van der Waals surface area contributed by atoms with Crippen LogP contribution in [0.15, 0.2) is 18.2 Å². The first kappa shape index (κ1) is 10.0. The van der Waals surface area contributed by atoms with Crippen LogP contribution in [-0.4, -0.2) is 26.5 Å². The van der Waals surface area contributed by atoms with E-state index in [0.29, 0.717) is 6.54 Å². The van der Waals surface area contributed by atoms with Crippen molar-refractivity contribution in [2.75, 3.05) is 25.1 Å². The van der Waals surface area contributed by atoms with E-state index >= 15 is 0 Å². The van der Waals surface area contributed by atoms with Crippen molar-refractivity contribution in [3.05, 3.63) is 23.8 Å². The van der Waals surface area contributed by atoms with Crippen LogP contribution in [0.1, 0.15) is 12.0 Å². The summed E-state index contributed by atoms with van der Waals surface area (Å²) >= 11 is 0. The van der Waals surface area contributed by atoms with Crippen molar-refractivity contribution in [1.29, 1.82) is 0 Å². The third-order valence-corrected chi connectivity index (χ3v) is 2.68. The van der Waals surface area contributed by atoms with Crippen LogP contribution in [0.5, 0.6) is 5.75 Å². The highest BCUT2D eigenvalue weighted by atomic mass is 16.5. The van der Waals surface area contributed by atoms with Crippen molar-refractivity contribution in [3.63, 3.8) is 0 Å². The van der Waals surface area contributed by atoms with E-state index in [9.17, 15) is 4.79 Å². The molecule has 0 saturated carbocycles. The van der Waals surface area contributed by atoms with Gasteiger partial charge < -0.3 is 14.4 Å². The number of aldehydes is 1. The van der Waals surface area contributed by atoms with Crippen LogP contribution in [0, 0.1) is 0 Å². The number of hydrogen-bond acceptors (Lipinski definition) is 3. The predicted octanol–water partition coefficient (Wildman–Crippen LogP) is 1.65. The Hall–Kier alpha value is -1.51. The minimum Gasteiger partial charge on any atom is -0.493 e. The molecule has 1 aliphatic heterocycles. The number of anilines is 1. The van der Waals surface area contributed by atoms with Gasteiger partial charge >= 0.3 is 0 Å². The molecule has 0 fully saturated rings. The maximum atomic E-state index is 10.4. The van der Waals surface area contributed by atoms with E-state index in [2.05, 4.69) is 6.07 Å². The van der Waals surface area contributed by atoms with Gasteiger partial charge in [0, 0.05) is 12.7 Å². The normalized spacial score (nSPS) is 13.9. The summed E-state index contributed by atoms with van der Waals surface area (Å²) in [5.74, 6) is 0.990. The molecule has 0 radical (unpaired) electrons. The van der Waals surface area contributed by atoms with Gasteiger partial charge in [-0.05, 0) is 36.6 Å². The maximum Gasteiger partial charge on any atom is 0.139 e. The average Bonchev–Trinajstić information content (AvgIpc) is 2.29. The first-order valence-electron chi connectivity index (χ1n) is 5.22. The van der Waals surface area contributed by atoms with Crippen LogP contribution in [0.25, 0.3) is 0 Å². The number of carbonyl (C=O) groups excluding carboxylic acids is 1. The van der Waals surface area contributed by atoms with Gasteiger partial charge in [-0.2, -0.15) is 0 Å². The van der Waals surface area contributed by atoms with Crippen LogP contribution in [-0.2, 0) is 11.2 Å². The average molecular weight is 205 g/mol. The molecule has 2 rings (SSSR count). The van der Waals surface area contributed by atoms with E-state index in [1.165, 1.54) is 5.56 Å². The standard InChI is InChI=1S/C12H15NO2/c1-13(6-7-14)11-4-5-12-10(9-11)3-2-8-15-12/h4-5,7,9H,2-3,6,8H2,1H3. The number of fused-ring (bicyclic) bond motifs is 1. The minimum atomic E-state index is 0.430. The quantitative estimate of drug-likeness (QED) is 0.703. The van der Waals surface area contributed by atoms with Gasteiger partial charge in [0.15, 0.2) is 0 Å². The molecule has 0 aliphatic carbocycles.